The summed E-state index contributed by atoms with van der Waals surface area (Å²) >= 11 is 4.78. The quantitative estimate of drug-likeness (QED) is 0.322. The van der Waals surface area contributed by atoms with Gasteiger partial charge in [0.1, 0.15) is 7.68 Å². The van der Waals surface area contributed by atoms with E-state index in [9.17, 15) is 0 Å². The van der Waals surface area contributed by atoms with Gasteiger partial charge in [0, 0.05) is 22.7 Å². The first-order valence-electron chi connectivity index (χ1n) is 8.26. The molecule has 2 aromatic rings. The van der Waals surface area contributed by atoms with E-state index in [-0.39, 0.29) is 5.41 Å². The lowest BCUT2D eigenvalue weighted by Gasteiger charge is -2.42. The van der Waals surface area contributed by atoms with Crippen molar-refractivity contribution >= 4 is 50.9 Å². The first-order valence-corrected chi connectivity index (χ1v) is 10.7. The Bertz CT molecular complexity index is 840. The Kier molecular flexibility index (Phi) is 5.18. The normalized spacial score (nSPS) is 20.1. The molecule has 0 fully saturated rings. The molecule has 0 amide bonds. The largest absolute Gasteiger partial charge is 0.465 e. The van der Waals surface area contributed by atoms with E-state index in [1.807, 2.05) is 24.4 Å². The van der Waals surface area contributed by atoms with Gasteiger partial charge in [-0.3, -0.25) is 4.98 Å². The second kappa shape index (κ2) is 6.79. The van der Waals surface area contributed by atoms with E-state index in [2.05, 4.69) is 91.9 Å². The smallest absolute Gasteiger partial charge is 0.202 e. The third-order valence-electron chi connectivity index (χ3n) is 4.77. The lowest BCUT2D eigenvalue weighted by molar-refractivity contribution is -0.0112. The number of alkyl halides is 2. The van der Waals surface area contributed by atoms with Crippen molar-refractivity contribution in [3.8, 4) is 5.75 Å². The molecule has 0 saturated heterocycles. The van der Waals surface area contributed by atoms with Crippen LogP contribution in [0.25, 0.3) is 0 Å². The van der Waals surface area contributed by atoms with Crippen molar-refractivity contribution in [1.29, 1.82) is 0 Å². The first-order chi connectivity index (χ1) is 11.6. The Morgan fingerprint density at radius 2 is 1.84 bits per heavy atom. The molecule has 25 heavy (non-hydrogen) atoms. The second-order valence-corrected chi connectivity index (χ2v) is 12.4. The molecule has 0 spiro atoms. The minimum absolute atomic E-state index is 0.135. The van der Waals surface area contributed by atoms with Gasteiger partial charge in [0.2, 0.25) is 5.72 Å². The molecule has 0 aliphatic carbocycles. The predicted molar refractivity (Wildman–Crippen MR) is 120 cm³/mol. The first kappa shape index (κ1) is 19.1. The van der Waals surface area contributed by atoms with Crippen molar-refractivity contribution in [1.82, 2.24) is 4.98 Å². The predicted octanol–water partition coefficient (Wildman–Crippen LogP) is 6.25. The zero-order chi connectivity index (χ0) is 18.4. The number of aryl methyl sites for hydroxylation is 1. The van der Waals surface area contributed by atoms with Crippen molar-refractivity contribution in [2.24, 2.45) is 10.4 Å². The standard InChI is InChI=1S/C20H22I2N2O/c1-12-10-13(11-23-16(12)18(21)22)17-14-8-6-7-9-15(14)25-20(5,24-17)19(2,3)4/h6-11,18H,1-5H3. The Morgan fingerprint density at radius 1 is 1.16 bits per heavy atom. The van der Waals surface area contributed by atoms with E-state index < -0.39 is 5.72 Å². The molecular formula is C20H22I2N2O. The summed E-state index contributed by atoms with van der Waals surface area (Å²) in [5.74, 6) is 0.882. The number of pyridine rings is 1. The fourth-order valence-corrected chi connectivity index (χ4v) is 4.05. The second-order valence-electron chi connectivity index (χ2n) is 7.52. The van der Waals surface area contributed by atoms with Crippen LogP contribution in [0.2, 0.25) is 0 Å². The maximum atomic E-state index is 6.32. The highest BCUT2D eigenvalue weighted by Gasteiger charge is 2.43. The molecule has 2 heterocycles. The molecule has 1 unspecified atom stereocenters. The van der Waals surface area contributed by atoms with Gasteiger partial charge in [0.15, 0.2) is 0 Å². The summed E-state index contributed by atoms with van der Waals surface area (Å²) < 4.78 is 6.67. The Balaban J connectivity index is 2.19. The summed E-state index contributed by atoms with van der Waals surface area (Å²) in [5, 5.41) is 0. The number of aliphatic imine (C=N–C) groups is 1. The van der Waals surface area contributed by atoms with E-state index in [1.54, 1.807) is 0 Å². The molecule has 0 N–H and O–H groups in total. The maximum Gasteiger partial charge on any atom is 0.202 e. The number of ether oxygens (including phenoxy) is 1. The van der Waals surface area contributed by atoms with Gasteiger partial charge in [-0.05, 0) is 37.6 Å². The minimum Gasteiger partial charge on any atom is -0.465 e. The van der Waals surface area contributed by atoms with E-state index in [1.165, 1.54) is 5.56 Å². The van der Waals surface area contributed by atoms with Crippen LogP contribution in [0, 0.1) is 12.3 Å². The van der Waals surface area contributed by atoms with Crippen molar-refractivity contribution in [2.45, 2.75) is 42.3 Å². The molecule has 3 rings (SSSR count). The summed E-state index contributed by atoms with van der Waals surface area (Å²) in [6.07, 6.45) is 1.94. The fraction of sp³-hybridized carbons (Fsp3) is 0.400. The number of halogens is 2. The van der Waals surface area contributed by atoms with Crippen molar-refractivity contribution < 1.29 is 4.74 Å². The molecule has 1 aliphatic rings. The van der Waals surface area contributed by atoms with E-state index in [0.29, 0.717) is 1.93 Å². The van der Waals surface area contributed by atoms with Crippen LogP contribution in [-0.2, 0) is 0 Å². The van der Waals surface area contributed by atoms with E-state index in [0.717, 1.165) is 28.3 Å². The lowest BCUT2D eigenvalue weighted by Crippen LogP contribution is -2.46. The highest BCUT2D eigenvalue weighted by molar-refractivity contribution is 14.2. The van der Waals surface area contributed by atoms with Gasteiger partial charge in [-0.1, -0.05) is 78.1 Å². The van der Waals surface area contributed by atoms with Crippen LogP contribution in [0.15, 0.2) is 41.5 Å². The van der Waals surface area contributed by atoms with Crippen LogP contribution >= 0.6 is 45.2 Å². The zero-order valence-corrected chi connectivity index (χ0v) is 19.4. The third-order valence-corrected chi connectivity index (χ3v) is 5.95. The summed E-state index contributed by atoms with van der Waals surface area (Å²) in [6.45, 7) is 10.6. The monoisotopic (exact) mass is 560 g/mol. The van der Waals surface area contributed by atoms with Crippen LogP contribution in [0.4, 0.5) is 0 Å². The third kappa shape index (κ3) is 3.59. The van der Waals surface area contributed by atoms with Crippen molar-refractivity contribution in [3.63, 3.8) is 0 Å². The number of hydrogen-bond acceptors (Lipinski definition) is 3. The number of benzene rings is 1. The summed E-state index contributed by atoms with van der Waals surface area (Å²) in [7, 11) is 0. The molecule has 1 aromatic carbocycles. The minimum atomic E-state index is -0.627. The molecule has 1 aliphatic heterocycles. The number of rotatable bonds is 2. The molecule has 0 bridgehead atoms. The summed E-state index contributed by atoms with van der Waals surface area (Å²) in [5.41, 5.74) is 4.57. The Morgan fingerprint density at radius 3 is 2.44 bits per heavy atom. The summed E-state index contributed by atoms with van der Waals surface area (Å²) in [6, 6.07) is 10.3. The molecule has 132 valence electrons. The molecular weight excluding hydrogens is 538 g/mol. The molecule has 0 radical (unpaired) electrons. The van der Waals surface area contributed by atoms with Gasteiger partial charge in [-0.25, -0.2) is 4.99 Å². The SMILES string of the molecule is Cc1cc(C2=NC(C)(C(C)(C)C)Oc3ccccc32)cnc1C(I)I. The van der Waals surface area contributed by atoms with Crippen molar-refractivity contribution in [3.05, 3.63) is 58.9 Å². The molecule has 1 aromatic heterocycles. The fourth-order valence-electron chi connectivity index (χ4n) is 2.75. The van der Waals surface area contributed by atoms with Gasteiger partial charge in [-0.15, -0.1) is 0 Å². The van der Waals surface area contributed by atoms with Gasteiger partial charge < -0.3 is 4.74 Å². The van der Waals surface area contributed by atoms with Crippen LogP contribution in [-0.4, -0.2) is 16.4 Å². The average molecular weight is 560 g/mol. The number of fused-ring (bicyclic) bond motifs is 1. The van der Waals surface area contributed by atoms with Crippen LogP contribution < -0.4 is 4.74 Å². The van der Waals surface area contributed by atoms with E-state index >= 15 is 0 Å². The number of hydrogen-bond donors (Lipinski definition) is 0. The average Bonchev–Trinajstić information content (AvgIpc) is 2.52. The molecule has 1 atom stereocenters. The van der Waals surface area contributed by atoms with Gasteiger partial charge in [0.25, 0.3) is 0 Å². The number of para-hydroxylation sites is 1. The van der Waals surface area contributed by atoms with Crippen molar-refractivity contribution in [2.75, 3.05) is 0 Å². The molecule has 3 nitrogen and oxygen atoms in total. The molecule has 0 saturated carbocycles. The highest BCUT2D eigenvalue weighted by Crippen LogP contribution is 2.42. The number of aromatic nitrogens is 1. The van der Waals surface area contributed by atoms with Gasteiger partial charge in [-0.2, -0.15) is 0 Å². The van der Waals surface area contributed by atoms with Crippen LogP contribution in [0.5, 0.6) is 5.75 Å². The topological polar surface area (TPSA) is 34.5 Å². The Labute approximate surface area is 177 Å². The summed E-state index contributed by atoms with van der Waals surface area (Å²) in [4.78, 5) is 9.76. The maximum absolute atomic E-state index is 6.32. The number of nitrogens with zero attached hydrogens (tertiary/aromatic N) is 2. The molecule has 5 heteroatoms. The van der Waals surface area contributed by atoms with Gasteiger partial charge in [0.05, 0.1) is 11.4 Å². The van der Waals surface area contributed by atoms with E-state index in [4.69, 9.17) is 14.7 Å². The highest BCUT2D eigenvalue weighted by atomic mass is 127. The zero-order valence-electron chi connectivity index (χ0n) is 15.1. The van der Waals surface area contributed by atoms with Gasteiger partial charge >= 0.3 is 0 Å². The van der Waals surface area contributed by atoms with Crippen LogP contribution in [0.1, 0.15) is 52.0 Å². The van der Waals surface area contributed by atoms with Crippen LogP contribution in [0.3, 0.4) is 0 Å². The Hall–Kier alpha value is -0.700. The lowest BCUT2D eigenvalue weighted by atomic mass is 9.83.